The van der Waals surface area contributed by atoms with Gasteiger partial charge in [-0.15, -0.1) is 0 Å². The molecule has 0 atom stereocenters. The Morgan fingerprint density at radius 2 is 1.68 bits per heavy atom. The molecule has 6 nitrogen and oxygen atoms in total. The molecule has 6 heteroatoms. The Morgan fingerprint density at radius 3 is 2.29 bits per heavy atom. The van der Waals surface area contributed by atoms with Crippen molar-refractivity contribution in [1.82, 2.24) is 0 Å². The van der Waals surface area contributed by atoms with Crippen LogP contribution in [0, 0.1) is 0 Å². The molecule has 1 amide bonds. The molecule has 0 fully saturated rings. The number of hydrogen-bond acceptors (Lipinski definition) is 5. The first-order chi connectivity index (χ1) is 13.5. The summed E-state index contributed by atoms with van der Waals surface area (Å²) < 4.78 is 10.0. The summed E-state index contributed by atoms with van der Waals surface area (Å²) in [5, 5.41) is 2.75. The molecule has 0 unspecified atom stereocenters. The highest BCUT2D eigenvalue weighted by molar-refractivity contribution is 5.99. The molecular formula is C22H23NO5. The Labute approximate surface area is 164 Å². The molecule has 0 aliphatic carbocycles. The van der Waals surface area contributed by atoms with Gasteiger partial charge in [-0.25, -0.2) is 4.79 Å². The fraction of sp³-hybridized carbons (Fsp3) is 0.227. The third-order valence-corrected chi connectivity index (χ3v) is 3.84. The lowest BCUT2D eigenvalue weighted by molar-refractivity contribution is -0.136. The van der Waals surface area contributed by atoms with Crippen molar-refractivity contribution in [1.29, 1.82) is 0 Å². The van der Waals surface area contributed by atoms with Gasteiger partial charge in [-0.1, -0.05) is 19.1 Å². The number of benzene rings is 2. The molecule has 0 aliphatic rings. The Morgan fingerprint density at radius 1 is 1.00 bits per heavy atom. The highest BCUT2D eigenvalue weighted by Gasteiger charge is 2.09. The average molecular weight is 381 g/mol. The van der Waals surface area contributed by atoms with Gasteiger partial charge in [0.05, 0.1) is 7.11 Å². The summed E-state index contributed by atoms with van der Waals surface area (Å²) in [4.78, 5) is 35.5. The van der Waals surface area contributed by atoms with E-state index in [1.54, 1.807) is 61.7 Å². The van der Waals surface area contributed by atoms with Crippen LogP contribution in [0.1, 0.15) is 35.7 Å². The summed E-state index contributed by atoms with van der Waals surface area (Å²) in [6, 6.07) is 13.6. The molecule has 0 aromatic heterocycles. The Kier molecular flexibility index (Phi) is 7.96. The molecule has 0 spiro atoms. The molecule has 0 saturated heterocycles. The van der Waals surface area contributed by atoms with Crippen LogP contribution in [0.5, 0.6) is 5.75 Å². The van der Waals surface area contributed by atoms with Crippen molar-refractivity contribution < 1.29 is 23.9 Å². The van der Waals surface area contributed by atoms with Gasteiger partial charge in [-0.2, -0.15) is 0 Å². The maximum Gasteiger partial charge on any atom is 0.331 e. The van der Waals surface area contributed by atoms with Crippen LogP contribution in [0.3, 0.4) is 0 Å². The number of ether oxygens (including phenoxy) is 2. The van der Waals surface area contributed by atoms with Crippen molar-refractivity contribution in [2.75, 3.05) is 19.0 Å². The van der Waals surface area contributed by atoms with Crippen molar-refractivity contribution in [2.45, 2.75) is 19.8 Å². The summed E-state index contributed by atoms with van der Waals surface area (Å²) in [6.07, 6.45) is 4.07. The molecule has 1 N–H and O–H groups in total. The highest BCUT2D eigenvalue weighted by atomic mass is 16.5. The van der Waals surface area contributed by atoms with E-state index < -0.39 is 5.97 Å². The smallest absolute Gasteiger partial charge is 0.331 e. The minimum atomic E-state index is -0.604. The SMILES string of the molecule is CCCC(=O)Nc1ccc(C(=O)COC(=O)/C=C/c2ccc(OC)cc2)cc1. The number of nitrogens with one attached hydrogen (secondary N) is 1. The number of carbonyl (C=O) groups excluding carboxylic acids is 3. The molecule has 0 saturated carbocycles. The lowest BCUT2D eigenvalue weighted by Crippen LogP contribution is -2.13. The molecule has 2 aromatic rings. The maximum atomic E-state index is 12.1. The fourth-order valence-corrected chi connectivity index (χ4v) is 2.34. The summed E-state index contributed by atoms with van der Waals surface area (Å²) in [5.74, 6) is -0.273. The van der Waals surface area contributed by atoms with E-state index in [2.05, 4.69) is 5.32 Å². The monoisotopic (exact) mass is 381 g/mol. The molecule has 0 aliphatic heterocycles. The van der Waals surface area contributed by atoms with Crippen LogP contribution < -0.4 is 10.1 Å². The van der Waals surface area contributed by atoms with Gasteiger partial charge < -0.3 is 14.8 Å². The number of amides is 1. The maximum absolute atomic E-state index is 12.1. The summed E-state index contributed by atoms with van der Waals surface area (Å²) in [7, 11) is 1.58. The Balaban J connectivity index is 1.82. The molecular weight excluding hydrogens is 358 g/mol. The highest BCUT2D eigenvalue weighted by Crippen LogP contribution is 2.13. The lowest BCUT2D eigenvalue weighted by atomic mass is 10.1. The molecule has 2 rings (SSSR count). The van der Waals surface area contributed by atoms with Crippen LogP contribution in [-0.4, -0.2) is 31.4 Å². The van der Waals surface area contributed by atoms with E-state index in [1.165, 1.54) is 6.08 Å². The first kappa shape index (κ1) is 20.9. The van der Waals surface area contributed by atoms with Gasteiger partial charge >= 0.3 is 5.97 Å². The average Bonchev–Trinajstić information content (AvgIpc) is 2.71. The molecule has 0 heterocycles. The third-order valence-electron chi connectivity index (χ3n) is 3.84. The normalized spacial score (nSPS) is 10.5. The predicted octanol–water partition coefficient (Wildman–Crippen LogP) is 3.87. The van der Waals surface area contributed by atoms with Gasteiger partial charge in [0.15, 0.2) is 12.4 Å². The molecule has 2 aromatic carbocycles. The van der Waals surface area contributed by atoms with E-state index in [0.717, 1.165) is 17.7 Å². The molecule has 0 radical (unpaired) electrons. The van der Waals surface area contributed by atoms with Gasteiger partial charge in [-0.05, 0) is 54.5 Å². The van der Waals surface area contributed by atoms with E-state index in [4.69, 9.17) is 9.47 Å². The van der Waals surface area contributed by atoms with Gasteiger partial charge in [0.25, 0.3) is 0 Å². The molecule has 28 heavy (non-hydrogen) atoms. The third kappa shape index (κ3) is 6.72. The van der Waals surface area contributed by atoms with Crippen molar-refractivity contribution >= 4 is 29.4 Å². The zero-order chi connectivity index (χ0) is 20.4. The molecule has 146 valence electrons. The number of carbonyl (C=O) groups is 3. The lowest BCUT2D eigenvalue weighted by Gasteiger charge is -2.06. The van der Waals surface area contributed by atoms with Gasteiger partial charge in [-0.3, -0.25) is 9.59 Å². The predicted molar refractivity (Wildman–Crippen MR) is 107 cm³/mol. The molecule has 0 bridgehead atoms. The number of anilines is 1. The first-order valence-electron chi connectivity index (χ1n) is 8.94. The summed E-state index contributed by atoms with van der Waals surface area (Å²) in [5.41, 5.74) is 1.83. The van der Waals surface area contributed by atoms with Crippen molar-refractivity contribution in [2.24, 2.45) is 0 Å². The Hall–Kier alpha value is -3.41. The van der Waals surface area contributed by atoms with E-state index in [1.807, 2.05) is 6.92 Å². The number of hydrogen-bond donors (Lipinski definition) is 1. The van der Waals surface area contributed by atoms with Crippen LogP contribution in [-0.2, 0) is 14.3 Å². The zero-order valence-corrected chi connectivity index (χ0v) is 15.9. The second-order valence-electron chi connectivity index (χ2n) is 6.01. The quantitative estimate of drug-likeness (QED) is 0.405. The topological polar surface area (TPSA) is 81.7 Å². The second kappa shape index (κ2) is 10.7. The van der Waals surface area contributed by atoms with Crippen LogP contribution in [0.4, 0.5) is 5.69 Å². The number of Topliss-reactive ketones (excluding diaryl/α,β-unsaturated/α-hetero) is 1. The van der Waals surface area contributed by atoms with Gasteiger partial charge in [0.1, 0.15) is 5.75 Å². The first-order valence-corrected chi connectivity index (χ1v) is 8.94. The van der Waals surface area contributed by atoms with Crippen LogP contribution in [0.15, 0.2) is 54.6 Å². The second-order valence-corrected chi connectivity index (χ2v) is 6.01. The van der Waals surface area contributed by atoms with Crippen LogP contribution in [0.25, 0.3) is 6.08 Å². The summed E-state index contributed by atoms with van der Waals surface area (Å²) >= 11 is 0. The number of rotatable bonds is 9. The summed E-state index contributed by atoms with van der Waals surface area (Å²) in [6.45, 7) is 1.57. The minimum Gasteiger partial charge on any atom is -0.497 e. The minimum absolute atomic E-state index is 0.0702. The van der Waals surface area contributed by atoms with Crippen LogP contribution >= 0.6 is 0 Å². The van der Waals surface area contributed by atoms with E-state index >= 15 is 0 Å². The number of ketones is 1. The van der Waals surface area contributed by atoms with Gasteiger partial charge in [0, 0.05) is 23.7 Å². The largest absolute Gasteiger partial charge is 0.497 e. The standard InChI is InChI=1S/C22H23NO5/c1-3-4-21(25)23-18-10-8-17(9-11-18)20(24)15-28-22(26)14-7-16-5-12-19(27-2)13-6-16/h5-14H,3-4,15H2,1-2H3,(H,23,25)/b14-7+. The van der Waals surface area contributed by atoms with E-state index in [0.29, 0.717) is 17.7 Å². The number of esters is 1. The van der Waals surface area contributed by atoms with Crippen molar-refractivity contribution in [3.05, 3.63) is 65.7 Å². The van der Waals surface area contributed by atoms with Gasteiger partial charge in [0.2, 0.25) is 5.91 Å². The van der Waals surface area contributed by atoms with E-state index in [9.17, 15) is 14.4 Å². The fourth-order valence-electron chi connectivity index (χ4n) is 2.34. The van der Waals surface area contributed by atoms with E-state index in [-0.39, 0.29) is 18.3 Å². The number of methoxy groups -OCH3 is 1. The van der Waals surface area contributed by atoms with Crippen molar-refractivity contribution in [3.8, 4) is 5.75 Å². The Bertz CT molecular complexity index is 838. The zero-order valence-electron chi connectivity index (χ0n) is 15.9. The van der Waals surface area contributed by atoms with Crippen LogP contribution in [0.2, 0.25) is 0 Å². The van der Waals surface area contributed by atoms with Crippen molar-refractivity contribution in [3.63, 3.8) is 0 Å².